The molecule has 2 aromatic carbocycles. The van der Waals surface area contributed by atoms with Crippen LogP contribution in [0.1, 0.15) is 42.2 Å². The molecule has 3 aromatic rings. The van der Waals surface area contributed by atoms with Crippen molar-refractivity contribution < 1.29 is 27.1 Å². The number of alkyl halides is 4. The third kappa shape index (κ3) is 6.87. The summed E-state index contributed by atoms with van der Waals surface area (Å²) in [5, 5.41) is 7.79. The fraction of sp³-hybridized carbons (Fsp3) is 0.304. The molecule has 0 aliphatic rings. The molecule has 180 valence electrons. The molecule has 7 nitrogen and oxygen atoms in total. The van der Waals surface area contributed by atoms with Gasteiger partial charge in [0.2, 0.25) is 5.82 Å². The molecule has 0 unspecified atom stereocenters. The third-order valence-corrected chi connectivity index (χ3v) is 4.71. The zero-order chi connectivity index (χ0) is 24.9. The summed E-state index contributed by atoms with van der Waals surface area (Å²) in [5.74, 6) is 0.379. The van der Waals surface area contributed by atoms with Crippen molar-refractivity contribution in [3.63, 3.8) is 0 Å². The highest BCUT2D eigenvalue weighted by molar-refractivity contribution is 5.90. The molecule has 0 aliphatic heterocycles. The maximum atomic E-state index is 14.3. The third-order valence-electron chi connectivity index (χ3n) is 4.71. The van der Waals surface area contributed by atoms with Crippen LogP contribution in [0.3, 0.4) is 0 Å². The zero-order valence-electron chi connectivity index (χ0n) is 18.8. The molecule has 0 saturated heterocycles. The SMILES string of the molecule is C=NOC(=NCc1ccc(OC(F)(F)F)cc1)c1nc(C)n(Cc2cccc(C(C)(C)F)c2)n1. The van der Waals surface area contributed by atoms with Crippen LogP contribution >= 0.6 is 0 Å². The van der Waals surface area contributed by atoms with Crippen LogP contribution in [0.15, 0.2) is 58.7 Å². The number of hydrogen-bond donors (Lipinski definition) is 0. The highest BCUT2D eigenvalue weighted by Crippen LogP contribution is 2.25. The van der Waals surface area contributed by atoms with Crippen molar-refractivity contribution in [3.05, 3.63) is 76.9 Å². The number of aromatic nitrogens is 3. The molecule has 0 spiro atoms. The molecule has 3 rings (SSSR count). The topological polar surface area (TPSA) is 73.9 Å². The summed E-state index contributed by atoms with van der Waals surface area (Å²) >= 11 is 0. The molecule has 1 heterocycles. The van der Waals surface area contributed by atoms with E-state index in [2.05, 4.69) is 31.7 Å². The molecule has 0 N–H and O–H groups in total. The Morgan fingerprint density at radius 3 is 2.38 bits per heavy atom. The molecule has 0 saturated carbocycles. The number of ether oxygens (including phenoxy) is 1. The second-order valence-corrected chi connectivity index (χ2v) is 7.85. The van der Waals surface area contributed by atoms with Gasteiger partial charge in [-0.05, 0) is 49.6 Å². The molecule has 0 bridgehead atoms. The number of rotatable bonds is 8. The summed E-state index contributed by atoms with van der Waals surface area (Å²) in [7, 11) is 0. The Labute approximate surface area is 193 Å². The summed E-state index contributed by atoms with van der Waals surface area (Å²) in [6.45, 7) is 8.42. The minimum Gasteiger partial charge on any atom is -0.406 e. The number of aryl methyl sites for hydroxylation is 1. The van der Waals surface area contributed by atoms with Gasteiger partial charge >= 0.3 is 6.36 Å². The number of hydrogen-bond acceptors (Lipinski definition) is 6. The normalized spacial score (nSPS) is 12.5. The lowest BCUT2D eigenvalue weighted by Crippen LogP contribution is -2.17. The zero-order valence-corrected chi connectivity index (χ0v) is 18.8. The summed E-state index contributed by atoms with van der Waals surface area (Å²) in [6, 6.07) is 12.4. The van der Waals surface area contributed by atoms with Crippen molar-refractivity contribution in [3.8, 4) is 5.75 Å². The standard InChI is InChI=1S/C23H23F4N5O2/c1-15-30-20(31-32(15)14-17-6-5-7-18(12-17)22(2,3)24)21(34-28-4)29-13-16-8-10-19(11-9-16)33-23(25,26)27/h5-12H,4,13-14H2,1-3H3. The van der Waals surface area contributed by atoms with E-state index in [9.17, 15) is 17.6 Å². The summed E-state index contributed by atoms with van der Waals surface area (Å²) in [5.41, 5.74) is 0.515. The Kier molecular flexibility index (Phi) is 7.33. The molecule has 34 heavy (non-hydrogen) atoms. The highest BCUT2D eigenvalue weighted by Gasteiger charge is 2.31. The predicted octanol–water partition coefficient (Wildman–Crippen LogP) is 5.32. The molecular weight excluding hydrogens is 454 g/mol. The van der Waals surface area contributed by atoms with E-state index < -0.39 is 12.0 Å². The molecular formula is C23H23F4N5O2. The van der Waals surface area contributed by atoms with Crippen molar-refractivity contribution in [1.29, 1.82) is 0 Å². The Morgan fingerprint density at radius 1 is 1.06 bits per heavy atom. The predicted molar refractivity (Wildman–Crippen MR) is 118 cm³/mol. The maximum Gasteiger partial charge on any atom is 0.573 e. The smallest absolute Gasteiger partial charge is 0.406 e. The minimum atomic E-state index is -4.76. The molecule has 11 heteroatoms. The summed E-state index contributed by atoms with van der Waals surface area (Å²) in [6.07, 6.45) is -4.76. The molecule has 0 fully saturated rings. The monoisotopic (exact) mass is 477 g/mol. The Balaban J connectivity index is 1.77. The van der Waals surface area contributed by atoms with Crippen molar-refractivity contribution in [2.45, 2.75) is 45.9 Å². The van der Waals surface area contributed by atoms with Gasteiger partial charge in [-0.2, -0.15) is 0 Å². The largest absolute Gasteiger partial charge is 0.573 e. The quantitative estimate of drug-likeness (QED) is 0.191. The summed E-state index contributed by atoms with van der Waals surface area (Å²) < 4.78 is 56.7. The van der Waals surface area contributed by atoms with Crippen molar-refractivity contribution in [2.75, 3.05) is 0 Å². The van der Waals surface area contributed by atoms with Crippen molar-refractivity contribution in [1.82, 2.24) is 14.8 Å². The van der Waals surface area contributed by atoms with Gasteiger partial charge in [-0.3, -0.25) is 0 Å². The van der Waals surface area contributed by atoms with Gasteiger partial charge < -0.3 is 9.57 Å². The van der Waals surface area contributed by atoms with Crippen LogP contribution in [0.2, 0.25) is 0 Å². The van der Waals surface area contributed by atoms with Gasteiger partial charge in [-0.1, -0.05) is 41.6 Å². The van der Waals surface area contributed by atoms with Crippen molar-refractivity contribution >= 4 is 12.6 Å². The van der Waals surface area contributed by atoms with E-state index in [4.69, 9.17) is 4.84 Å². The van der Waals surface area contributed by atoms with Crippen LogP contribution in [0.4, 0.5) is 17.6 Å². The first-order valence-electron chi connectivity index (χ1n) is 10.2. The van der Waals surface area contributed by atoms with Gasteiger partial charge in [-0.25, -0.2) is 19.0 Å². The average molecular weight is 477 g/mol. The van der Waals surface area contributed by atoms with Crippen LogP contribution < -0.4 is 4.74 Å². The molecule has 0 atom stereocenters. The van der Waals surface area contributed by atoms with E-state index in [0.29, 0.717) is 23.5 Å². The van der Waals surface area contributed by atoms with E-state index in [1.165, 1.54) is 38.1 Å². The van der Waals surface area contributed by atoms with E-state index >= 15 is 0 Å². The van der Waals surface area contributed by atoms with Crippen molar-refractivity contribution in [2.24, 2.45) is 10.1 Å². The first-order chi connectivity index (χ1) is 15.9. The van der Waals surface area contributed by atoms with Gasteiger partial charge in [0.1, 0.15) is 17.2 Å². The number of benzene rings is 2. The lowest BCUT2D eigenvalue weighted by atomic mass is 9.98. The maximum absolute atomic E-state index is 14.3. The van der Waals surface area contributed by atoms with Crippen LogP contribution in [-0.2, 0) is 23.6 Å². The lowest BCUT2D eigenvalue weighted by molar-refractivity contribution is -0.274. The fourth-order valence-electron chi connectivity index (χ4n) is 3.03. The number of nitrogens with zero attached hydrogens (tertiary/aromatic N) is 5. The van der Waals surface area contributed by atoms with Gasteiger partial charge in [0.05, 0.1) is 13.1 Å². The average Bonchev–Trinajstić information content (AvgIpc) is 3.10. The lowest BCUT2D eigenvalue weighted by Gasteiger charge is -2.15. The second-order valence-electron chi connectivity index (χ2n) is 7.85. The van der Waals surface area contributed by atoms with Crippen LogP contribution in [0, 0.1) is 6.92 Å². The number of halogens is 4. The van der Waals surface area contributed by atoms with Gasteiger partial charge in [0.25, 0.3) is 5.90 Å². The Bertz CT molecular complexity index is 1170. The molecule has 1 aromatic heterocycles. The fourth-order valence-corrected chi connectivity index (χ4v) is 3.03. The number of oxime groups is 1. The molecule has 0 radical (unpaired) electrons. The molecule has 0 amide bonds. The first-order valence-corrected chi connectivity index (χ1v) is 10.2. The second kappa shape index (κ2) is 10.0. The van der Waals surface area contributed by atoms with E-state index in [0.717, 1.165) is 5.56 Å². The first kappa shape index (κ1) is 24.9. The van der Waals surface area contributed by atoms with Gasteiger partial charge in [0.15, 0.2) is 0 Å². The Morgan fingerprint density at radius 2 is 1.76 bits per heavy atom. The van der Waals surface area contributed by atoms with E-state index in [1.54, 1.807) is 29.8 Å². The molecule has 0 aliphatic carbocycles. The van der Waals surface area contributed by atoms with E-state index in [-0.39, 0.29) is 24.0 Å². The van der Waals surface area contributed by atoms with Crippen LogP contribution in [0.25, 0.3) is 0 Å². The van der Waals surface area contributed by atoms with Crippen LogP contribution in [-0.4, -0.2) is 33.7 Å². The number of aliphatic imine (C=N–C) groups is 1. The van der Waals surface area contributed by atoms with Gasteiger partial charge in [-0.15, -0.1) is 18.3 Å². The highest BCUT2D eigenvalue weighted by atomic mass is 19.4. The Hall–Kier alpha value is -3.76. The minimum absolute atomic E-state index is 0.00823. The van der Waals surface area contributed by atoms with Gasteiger partial charge in [0, 0.05) is 6.72 Å². The van der Waals surface area contributed by atoms with Crippen LogP contribution in [0.5, 0.6) is 5.75 Å². The summed E-state index contributed by atoms with van der Waals surface area (Å²) in [4.78, 5) is 13.8. The van der Waals surface area contributed by atoms with E-state index in [1.807, 2.05) is 6.07 Å².